The van der Waals surface area contributed by atoms with Crippen LogP contribution in [0.15, 0.2) is 0 Å². The molecule has 1 N–H and O–H groups in total. The van der Waals surface area contributed by atoms with Crippen molar-refractivity contribution in [2.45, 2.75) is 38.4 Å². The summed E-state index contributed by atoms with van der Waals surface area (Å²) < 4.78 is 5.11. The Morgan fingerprint density at radius 3 is 2.79 bits per heavy atom. The van der Waals surface area contributed by atoms with Crippen molar-refractivity contribution in [3.05, 3.63) is 0 Å². The van der Waals surface area contributed by atoms with Gasteiger partial charge >= 0.3 is 5.97 Å². The molecular weight excluding hydrogens is 184 g/mol. The van der Waals surface area contributed by atoms with E-state index in [0.717, 1.165) is 0 Å². The molecule has 4 nitrogen and oxygen atoms in total. The molecule has 2 fully saturated rings. The minimum absolute atomic E-state index is 0.0322. The molecule has 2 rings (SSSR count). The molecule has 0 spiro atoms. The number of aliphatic hydroxyl groups is 1. The molecule has 0 radical (unpaired) electrons. The molecule has 78 valence electrons. The van der Waals surface area contributed by atoms with E-state index in [-0.39, 0.29) is 42.5 Å². The molecule has 1 saturated carbocycles. The summed E-state index contributed by atoms with van der Waals surface area (Å²) in [6.45, 7) is 3.27. The summed E-state index contributed by atoms with van der Waals surface area (Å²) in [7, 11) is 0. The first kappa shape index (κ1) is 9.65. The summed E-state index contributed by atoms with van der Waals surface area (Å²) in [6, 6.07) is 0. The largest absolute Gasteiger partial charge is 0.462 e. The van der Waals surface area contributed by atoms with Gasteiger partial charge in [-0.1, -0.05) is 6.92 Å². The number of hydrogen-bond donors (Lipinski definition) is 1. The number of ether oxygens (including phenoxy) is 1. The van der Waals surface area contributed by atoms with Gasteiger partial charge in [-0.2, -0.15) is 0 Å². The molecule has 0 aromatic carbocycles. The van der Waals surface area contributed by atoms with Crippen LogP contribution in [0.2, 0.25) is 0 Å². The zero-order valence-corrected chi connectivity index (χ0v) is 8.32. The third-order valence-electron chi connectivity index (χ3n) is 3.38. The van der Waals surface area contributed by atoms with Gasteiger partial charge in [-0.3, -0.25) is 9.59 Å². The van der Waals surface area contributed by atoms with E-state index in [0.29, 0.717) is 0 Å². The predicted octanol–water partition coefficient (Wildman–Crippen LogP) is 0.278. The van der Waals surface area contributed by atoms with E-state index in [2.05, 4.69) is 0 Å². The molecule has 0 bridgehead atoms. The van der Waals surface area contributed by atoms with Crippen molar-refractivity contribution in [1.82, 2.24) is 0 Å². The lowest BCUT2D eigenvalue weighted by molar-refractivity contribution is -0.153. The third kappa shape index (κ3) is 1.25. The normalized spacial score (nSPS) is 47.5. The number of hydrogen-bond acceptors (Lipinski definition) is 4. The van der Waals surface area contributed by atoms with Crippen molar-refractivity contribution in [3.63, 3.8) is 0 Å². The zero-order chi connectivity index (χ0) is 10.5. The number of carbonyl (C=O) groups is 2. The predicted molar refractivity (Wildman–Crippen MR) is 47.4 cm³/mol. The number of rotatable bonds is 0. The Morgan fingerprint density at radius 1 is 1.50 bits per heavy atom. The maximum absolute atomic E-state index is 11.5. The molecule has 0 unspecified atom stereocenters. The second kappa shape index (κ2) is 2.79. The highest BCUT2D eigenvalue weighted by molar-refractivity contribution is 5.89. The van der Waals surface area contributed by atoms with Gasteiger partial charge in [0.25, 0.3) is 0 Å². The van der Waals surface area contributed by atoms with E-state index >= 15 is 0 Å². The first-order chi connectivity index (χ1) is 6.42. The Kier molecular flexibility index (Phi) is 1.93. The molecule has 1 saturated heterocycles. The zero-order valence-electron chi connectivity index (χ0n) is 8.32. The van der Waals surface area contributed by atoms with Gasteiger partial charge in [0.1, 0.15) is 11.7 Å². The minimum Gasteiger partial charge on any atom is -0.462 e. The van der Waals surface area contributed by atoms with Gasteiger partial charge in [-0.15, -0.1) is 0 Å². The molecule has 4 atom stereocenters. The Labute approximate surface area is 82.2 Å². The van der Waals surface area contributed by atoms with E-state index in [1.807, 2.05) is 0 Å². The molecule has 14 heavy (non-hydrogen) atoms. The fraction of sp³-hybridized carbons (Fsp3) is 0.800. The van der Waals surface area contributed by atoms with Crippen molar-refractivity contribution < 1.29 is 19.4 Å². The van der Waals surface area contributed by atoms with Gasteiger partial charge in [0.05, 0.1) is 5.92 Å². The van der Waals surface area contributed by atoms with Gasteiger partial charge in [0.15, 0.2) is 5.78 Å². The average molecular weight is 198 g/mol. The Hall–Kier alpha value is -0.900. The van der Waals surface area contributed by atoms with E-state index in [1.165, 1.54) is 6.92 Å². The average Bonchev–Trinajstić information content (AvgIpc) is 2.31. The van der Waals surface area contributed by atoms with Crippen LogP contribution in [0.5, 0.6) is 0 Å². The Morgan fingerprint density at radius 2 is 2.14 bits per heavy atom. The standard InChI is InChI=1S/C10H14O4/c1-5-6-3-8(11)10(2,13)4-7(6)14-9(5)12/h5-7,13H,3-4H2,1-2H3/t5-,6-,7-,10+/m1/s1. The fourth-order valence-electron chi connectivity index (χ4n) is 2.28. The van der Waals surface area contributed by atoms with Gasteiger partial charge in [-0.05, 0) is 6.92 Å². The van der Waals surface area contributed by atoms with Crippen LogP contribution in [0.4, 0.5) is 0 Å². The van der Waals surface area contributed by atoms with Crippen LogP contribution in [-0.2, 0) is 14.3 Å². The number of ketones is 1. The van der Waals surface area contributed by atoms with Gasteiger partial charge in [0, 0.05) is 18.8 Å². The van der Waals surface area contributed by atoms with E-state index in [4.69, 9.17) is 4.74 Å². The third-order valence-corrected chi connectivity index (χ3v) is 3.38. The molecule has 1 aliphatic carbocycles. The number of esters is 1. The SMILES string of the molecule is C[C@H]1C(=O)O[C@@H]2C[C@](C)(O)C(=O)C[C@@H]21. The molecular formula is C10H14O4. The molecule has 0 aromatic rings. The number of Topliss-reactive ketones (excluding diaryl/α,β-unsaturated/α-hetero) is 1. The van der Waals surface area contributed by atoms with Crippen molar-refractivity contribution in [2.24, 2.45) is 11.8 Å². The van der Waals surface area contributed by atoms with E-state index in [1.54, 1.807) is 6.92 Å². The van der Waals surface area contributed by atoms with E-state index < -0.39 is 5.60 Å². The highest BCUT2D eigenvalue weighted by atomic mass is 16.6. The lowest BCUT2D eigenvalue weighted by Gasteiger charge is -2.33. The van der Waals surface area contributed by atoms with Crippen molar-refractivity contribution in [3.8, 4) is 0 Å². The van der Waals surface area contributed by atoms with Gasteiger partial charge in [-0.25, -0.2) is 0 Å². The van der Waals surface area contributed by atoms with Crippen molar-refractivity contribution >= 4 is 11.8 Å². The molecule has 1 heterocycles. The van der Waals surface area contributed by atoms with Crippen LogP contribution in [-0.4, -0.2) is 28.6 Å². The lowest BCUT2D eigenvalue weighted by Crippen LogP contribution is -2.47. The minimum atomic E-state index is -1.31. The maximum atomic E-state index is 11.5. The van der Waals surface area contributed by atoms with Crippen molar-refractivity contribution in [1.29, 1.82) is 0 Å². The number of fused-ring (bicyclic) bond motifs is 1. The lowest BCUT2D eigenvalue weighted by atomic mass is 9.74. The summed E-state index contributed by atoms with van der Waals surface area (Å²) in [6.07, 6.45) is 0.224. The molecule has 4 heteroatoms. The van der Waals surface area contributed by atoms with Crippen LogP contribution in [0.1, 0.15) is 26.7 Å². The fourth-order valence-corrected chi connectivity index (χ4v) is 2.28. The summed E-state index contributed by atoms with van der Waals surface area (Å²) in [5.41, 5.74) is -1.31. The summed E-state index contributed by atoms with van der Waals surface area (Å²) in [4.78, 5) is 22.7. The Balaban J connectivity index is 2.22. The van der Waals surface area contributed by atoms with Gasteiger partial charge < -0.3 is 9.84 Å². The van der Waals surface area contributed by atoms with E-state index in [9.17, 15) is 14.7 Å². The second-order valence-corrected chi connectivity index (χ2v) is 4.53. The molecule has 0 amide bonds. The van der Waals surface area contributed by atoms with Crippen LogP contribution in [0.3, 0.4) is 0 Å². The monoisotopic (exact) mass is 198 g/mol. The van der Waals surface area contributed by atoms with Crippen LogP contribution < -0.4 is 0 Å². The van der Waals surface area contributed by atoms with Gasteiger partial charge in [0.2, 0.25) is 0 Å². The molecule has 1 aliphatic heterocycles. The quantitative estimate of drug-likeness (QED) is 0.568. The van der Waals surface area contributed by atoms with Crippen molar-refractivity contribution in [2.75, 3.05) is 0 Å². The Bertz CT molecular complexity index is 294. The van der Waals surface area contributed by atoms with Crippen LogP contribution in [0.25, 0.3) is 0 Å². The maximum Gasteiger partial charge on any atom is 0.309 e. The highest BCUT2D eigenvalue weighted by Crippen LogP contribution is 2.40. The topological polar surface area (TPSA) is 63.6 Å². The summed E-state index contributed by atoms with van der Waals surface area (Å²) in [5, 5.41) is 9.72. The van der Waals surface area contributed by atoms with Crippen LogP contribution in [0, 0.1) is 11.8 Å². The molecule has 0 aromatic heterocycles. The summed E-state index contributed by atoms with van der Waals surface area (Å²) >= 11 is 0. The summed E-state index contributed by atoms with van der Waals surface area (Å²) in [5.74, 6) is -0.662. The first-order valence-corrected chi connectivity index (χ1v) is 4.88. The van der Waals surface area contributed by atoms with Crippen LogP contribution >= 0.6 is 0 Å². The number of carbonyl (C=O) groups excluding carboxylic acids is 2. The second-order valence-electron chi connectivity index (χ2n) is 4.53. The highest BCUT2D eigenvalue weighted by Gasteiger charge is 2.51. The molecule has 2 aliphatic rings. The first-order valence-electron chi connectivity index (χ1n) is 4.88. The smallest absolute Gasteiger partial charge is 0.309 e.